The van der Waals surface area contributed by atoms with Crippen molar-refractivity contribution >= 4 is 63.5 Å². The van der Waals surface area contributed by atoms with Gasteiger partial charge in [-0.2, -0.15) is 0 Å². The fourth-order valence-electron chi connectivity index (χ4n) is 2.16. The molecule has 2 aromatic rings. The number of thiocarbonyl (C=S) groups is 1. The molecule has 1 heterocycles. The summed E-state index contributed by atoms with van der Waals surface area (Å²) in [4.78, 5) is 14.1. The highest BCUT2D eigenvalue weighted by molar-refractivity contribution is 8.26. The van der Waals surface area contributed by atoms with Crippen LogP contribution in [0.1, 0.15) is 11.1 Å². The van der Waals surface area contributed by atoms with Crippen molar-refractivity contribution in [2.24, 2.45) is 0 Å². The molecule has 1 amide bonds. The van der Waals surface area contributed by atoms with Gasteiger partial charge in [-0.15, -0.1) is 0 Å². The molecule has 0 bridgehead atoms. The Bertz CT molecular complexity index is 866. The molecule has 0 atom stereocenters. The summed E-state index contributed by atoms with van der Waals surface area (Å²) in [5.74, 6) is 0.638. The fraction of sp³-hybridized carbons (Fsp3) is 0.111. The molecule has 1 aliphatic heterocycles. The molecule has 0 unspecified atom stereocenters. The summed E-state index contributed by atoms with van der Waals surface area (Å²) in [6, 6.07) is 12.8. The van der Waals surface area contributed by atoms with Crippen LogP contribution in [-0.2, 0) is 11.4 Å². The third-order valence-corrected chi connectivity index (χ3v) is 5.65. The Labute approximate surface area is 165 Å². The molecule has 0 spiro atoms. The van der Waals surface area contributed by atoms with E-state index in [4.69, 9.17) is 40.2 Å². The number of likely N-dealkylation sites (N-methyl/N-ethyl adjacent to an activating group) is 1. The molecule has 1 saturated heterocycles. The normalized spacial score (nSPS) is 16.0. The van der Waals surface area contributed by atoms with Gasteiger partial charge >= 0.3 is 0 Å². The van der Waals surface area contributed by atoms with E-state index in [1.54, 1.807) is 19.2 Å². The summed E-state index contributed by atoms with van der Waals surface area (Å²) in [7, 11) is 1.68. The summed E-state index contributed by atoms with van der Waals surface area (Å²) < 4.78 is 6.31. The van der Waals surface area contributed by atoms with Crippen molar-refractivity contribution in [3.8, 4) is 5.75 Å². The van der Waals surface area contributed by atoms with Crippen LogP contribution in [0.5, 0.6) is 5.75 Å². The van der Waals surface area contributed by atoms with E-state index >= 15 is 0 Å². The van der Waals surface area contributed by atoms with Crippen LogP contribution in [-0.4, -0.2) is 22.2 Å². The second-order valence-corrected chi connectivity index (χ2v) is 7.85. The first-order valence-electron chi connectivity index (χ1n) is 7.32. The minimum absolute atomic E-state index is 0.0762. The Morgan fingerprint density at radius 2 is 1.92 bits per heavy atom. The number of benzene rings is 2. The van der Waals surface area contributed by atoms with Crippen molar-refractivity contribution in [3.63, 3.8) is 0 Å². The highest BCUT2D eigenvalue weighted by Crippen LogP contribution is 2.31. The van der Waals surface area contributed by atoms with Crippen molar-refractivity contribution in [3.05, 3.63) is 68.5 Å². The molecule has 7 heteroatoms. The molecule has 1 fully saturated rings. The van der Waals surface area contributed by atoms with Gasteiger partial charge in [0, 0.05) is 22.7 Å². The van der Waals surface area contributed by atoms with E-state index in [0.29, 0.717) is 31.6 Å². The molecule has 0 aliphatic carbocycles. The highest BCUT2D eigenvalue weighted by atomic mass is 35.5. The first kappa shape index (κ1) is 18.3. The van der Waals surface area contributed by atoms with Crippen LogP contribution in [0.25, 0.3) is 6.08 Å². The third kappa shape index (κ3) is 4.36. The van der Waals surface area contributed by atoms with Crippen LogP contribution in [0, 0.1) is 0 Å². The summed E-state index contributed by atoms with van der Waals surface area (Å²) in [5, 5.41) is 1.17. The molecular weight excluding hydrogens is 397 g/mol. The van der Waals surface area contributed by atoms with Gasteiger partial charge in [0.05, 0.1) is 4.91 Å². The maximum Gasteiger partial charge on any atom is 0.265 e. The molecule has 2 aromatic carbocycles. The van der Waals surface area contributed by atoms with Gasteiger partial charge in [-0.25, -0.2) is 0 Å². The van der Waals surface area contributed by atoms with Gasteiger partial charge in [0.25, 0.3) is 5.91 Å². The van der Waals surface area contributed by atoms with E-state index in [2.05, 4.69) is 0 Å². The Morgan fingerprint density at radius 3 is 2.52 bits per heavy atom. The predicted octanol–water partition coefficient (Wildman–Crippen LogP) is 5.40. The van der Waals surface area contributed by atoms with Crippen LogP contribution in [0.3, 0.4) is 0 Å². The summed E-state index contributed by atoms with van der Waals surface area (Å²) in [6.45, 7) is 0.351. The lowest BCUT2D eigenvalue weighted by Crippen LogP contribution is -2.22. The van der Waals surface area contributed by atoms with Gasteiger partial charge in [-0.05, 0) is 35.9 Å². The van der Waals surface area contributed by atoms with Crippen LogP contribution in [0.4, 0.5) is 0 Å². The van der Waals surface area contributed by atoms with Crippen molar-refractivity contribution in [1.82, 2.24) is 4.90 Å². The van der Waals surface area contributed by atoms with Crippen molar-refractivity contribution in [2.75, 3.05) is 7.05 Å². The molecular formula is C18H13Cl2NO2S2. The lowest BCUT2D eigenvalue weighted by Gasteiger charge is -2.08. The van der Waals surface area contributed by atoms with E-state index in [0.717, 1.165) is 11.1 Å². The number of amides is 1. The second kappa shape index (κ2) is 7.79. The number of hydrogen-bond acceptors (Lipinski definition) is 4. The van der Waals surface area contributed by atoms with Gasteiger partial charge in [0.15, 0.2) is 0 Å². The first-order valence-corrected chi connectivity index (χ1v) is 9.30. The van der Waals surface area contributed by atoms with Crippen molar-refractivity contribution in [2.45, 2.75) is 6.61 Å². The zero-order chi connectivity index (χ0) is 18.0. The van der Waals surface area contributed by atoms with Gasteiger partial charge < -0.3 is 4.74 Å². The summed E-state index contributed by atoms with van der Waals surface area (Å²) >= 11 is 18.4. The Balaban J connectivity index is 1.66. The molecule has 3 nitrogen and oxygen atoms in total. The number of ether oxygens (including phenoxy) is 1. The van der Waals surface area contributed by atoms with Gasteiger partial charge in [-0.1, -0.05) is 65.4 Å². The van der Waals surface area contributed by atoms with Gasteiger partial charge in [0.1, 0.15) is 16.7 Å². The quantitative estimate of drug-likeness (QED) is 0.499. The number of halogens is 2. The molecule has 0 saturated carbocycles. The maximum atomic E-state index is 12.0. The molecule has 3 rings (SSSR count). The number of hydrogen-bond donors (Lipinski definition) is 0. The third-order valence-electron chi connectivity index (χ3n) is 3.57. The largest absolute Gasteiger partial charge is 0.489 e. The number of rotatable bonds is 4. The van der Waals surface area contributed by atoms with Crippen LogP contribution >= 0.6 is 47.2 Å². The Kier molecular flexibility index (Phi) is 5.69. The molecule has 128 valence electrons. The zero-order valence-electron chi connectivity index (χ0n) is 13.2. The number of nitrogens with zero attached hydrogens (tertiary/aromatic N) is 1. The van der Waals surface area contributed by atoms with E-state index < -0.39 is 0 Å². The van der Waals surface area contributed by atoms with Gasteiger partial charge in [-0.3, -0.25) is 9.69 Å². The van der Waals surface area contributed by atoms with Crippen molar-refractivity contribution < 1.29 is 9.53 Å². The van der Waals surface area contributed by atoms with Crippen LogP contribution < -0.4 is 4.74 Å². The summed E-state index contributed by atoms with van der Waals surface area (Å²) in [5.41, 5.74) is 1.77. The minimum atomic E-state index is -0.0762. The smallest absolute Gasteiger partial charge is 0.265 e. The maximum absolute atomic E-state index is 12.0. The Hall–Kier alpha value is -1.53. The second-order valence-electron chi connectivity index (χ2n) is 5.33. The van der Waals surface area contributed by atoms with E-state index in [1.807, 2.05) is 36.4 Å². The molecule has 1 aliphatic rings. The first-order chi connectivity index (χ1) is 11.9. The average Bonchev–Trinajstić information content (AvgIpc) is 2.82. The molecule has 0 N–H and O–H groups in total. The summed E-state index contributed by atoms with van der Waals surface area (Å²) in [6.07, 6.45) is 1.82. The number of carbonyl (C=O) groups is 1. The SMILES string of the molecule is CN1C(=O)/C(=C\c2ccc(OCc3ccc(Cl)cc3Cl)cc2)SC1=S. The molecule has 25 heavy (non-hydrogen) atoms. The van der Waals surface area contributed by atoms with Gasteiger partial charge in [0.2, 0.25) is 0 Å². The fourth-order valence-corrected chi connectivity index (χ4v) is 3.80. The molecule has 0 radical (unpaired) electrons. The van der Waals surface area contributed by atoms with Crippen LogP contribution in [0.2, 0.25) is 10.0 Å². The zero-order valence-corrected chi connectivity index (χ0v) is 16.3. The number of thioether (sulfide) groups is 1. The highest BCUT2D eigenvalue weighted by Gasteiger charge is 2.28. The van der Waals surface area contributed by atoms with E-state index in [-0.39, 0.29) is 5.91 Å². The van der Waals surface area contributed by atoms with Crippen molar-refractivity contribution in [1.29, 1.82) is 0 Å². The minimum Gasteiger partial charge on any atom is -0.489 e. The average molecular weight is 410 g/mol. The monoisotopic (exact) mass is 409 g/mol. The number of carbonyl (C=O) groups excluding carboxylic acids is 1. The molecule has 0 aromatic heterocycles. The predicted molar refractivity (Wildman–Crippen MR) is 108 cm³/mol. The van der Waals surface area contributed by atoms with E-state index in [1.165, 1.54) is 16.7 Å². The lowest BCUT2D eigenvalue weighted by molar-refractivity contribution is -0.121. The standard InChI is InChI=1S/C18H13Cl2NO2S2/c1-21-17(22)16(25-18(21)24)8-11-2-6-14(7-3-11)23-10-12-4-5-13(19)9-15(12)20/h2-9H,10H2,1H3/b16-8+. The van der Waals surface area contributed by atoms with E-state index in [9.17, 15) is 4.79 Å². The lowest BCUT2D eigenvalue weighted by atomic mass is 10.2. The Morgan fingerprint density at radius 1 is 1.20 bits per heavy atom. The van der Waals surface area contributed by atoms with Crippen LogP contribution in [0.15, 0.2) is 47.4 Å². The topological polar surface area (TPSA) is 29.5 Å².